The molecule has 7 heteroatoms. The minimum absolute atomic E-state index is 0.0816. The predicted octanol–water partition coefficient (Wildman–Crippen LogP) is 2.24. The number of fused-ring (bicyclic) bond motifs is 1. The van der Waals surface area contributed by atoms with Crippen LogP contribution in [0.15, 0.2) is 18.2 Å². The number of hydrogen-bond donors (Lipinski definition) is 1. The fourth-order valence-electron chi connectivity index (χ4n) is 2.08. The summed E-state index contributed by atoms with van der Waals surface area (Å²) in [6, 6.07) is 4.27. The molecule has 0 aliphatic carbocycles. The van der Waals surface area contributed by atoms with E-state index in [1.54, 1.807) is 24.7 Å². The Kier molecular flexibility index (Phi) is 5.14. The summed E-state index contributed by atoms with van der Waals surface area (Å²) in [7, 11) is 1.57. The monoisotopic (exact) mass is 313 g/mol. The highest BCUT2D eigenvalue weighted by molar-refractivity contribution is 6.20. The summed E-state index contributed by atoms with van der Waals surface area (Å²) in [6.45, 7) is 2.72. The summed E-state index contributed by atoms with van der Waals surface area (Å²) in [5.74, 6) is -0.00104. The molecule has 0 saturated heterocycles. The van der Waals surface area contributed by atoms with E-state index in [0.29, 0.717) is 30.0 Å². The molecule has 1 N–H and O–H groups in total. The van der Waals surface area contributed by atoms with Crippen molar-refractivity contribution < 1.29 is 13.9 Å². The SMILES string of the molecule is COCCNC(=O)Cn1c(C(C)Cl)nc2cc(F)ccc21. The van der Waals surface area contributed by atoms with Crippen molar-refractivity contribution in [2.24, 2.45) is 0 Å². The Morgan fingerprint density at radius 2 is 2.33 bits per heavy atom. The van der Waals surface area contributed by atoms with Gasteiger partial charge in [-0.2, -0.15) is 0 Å². The summed E-state index contributed by atoms with van der Waals surface area (Å²) in [6.07, 6.45) is 0. The molecule has 5 nitrogen and oxygen atoms in total. The van der Waals surface area contributed by atoms with Gasteiger partial charge < -0.3 is 14.6 Å². The number of halogens is 2. The van der Waals surface area contributed by atoms with Crippen molar-refractivity contribution in [2.45, 2.75) is 18.8 Å². The van der Waals surface area contributed by atoms with Crippen molar-refractivity contribution in [1.82, 2.24) is 14.9 Å². The number of ether oxygens (including phenoxy) is 1. The van der Waals surface area contributed by atoms with Gasteiger partial charge in [-0.1, -0.05) is 0 Å². The van der Waals surface area contributed by atoms with Crippen LogP contribution in [0.4, 0.5) is 4.39 Å². The van der Waals surface area contributed by atoms with Gasteiger partial charge in [0.25, 0.3) is 0 Å². The average Bonchev–Trinajstić information content (AvgIpc) is 2.77. The van der Waals surface area contributed by atoms with Crippen LogP contribution in [0.3, 0.4) is 0 Å². The third-order valence-electron chi connectivity index (χ3n) is 3.03. The summed E-state index contributed by atoms with van der Waals surface area (Å²) in [5, 5.41) is 2.35. The largest absolute Gasteiger partial charge is 0.383 e. The van der Waals surface area contributed by atoms with Crippen LogP contribution in [-0.4, -0.2) is 35.7 Å². The van der Waals surface area contributed by atoms with Gasteiger partial charge in [-0.25, -0.2) is 9.37 Å². The quantitative estimate of drug-likeness (QED) is 0.657. The number of alkyl halides is 1. The van der Waals surface area contributed by atoms with Gasteiger partial charge in [0.05, 0.1) is 23.0 Å². The molecule has 0 aliphatic heterocycles. The van der Waals surface area contributed by atoms with E-state index < -0.39 is 0 Å². The summed E-state index contributed by atoms with van der Waals surface area (Å²) in [4.78, 5) is 16.2. The van der Waals surface area contributed by atoms with Crippen LogP contribution in [0.5, 0.6) is 0 Å². The van der Waals surface area contributed by atoms with Crippen LogP contribution in [0.25, 0.3) is 11.0 Å². The number of rotatable bonds is 6. The number of carbonyl (C=O) groups excluding carboxylic acids is 1. The second-order valence-electron chi connectivity index (χ2n) is 4.65. The fraction of sp³-hybridized carbons (Fsp3) is 0.429. The zero-order valence-electron chi connectivity index (χ0n) is 11.9. The van der Waals surface area contributed by atoms with Crippen molar-refractivity contribution in [3.63, 3.8) is 0 Å². The number of nitrogens with zero attached hydrogens (tertiary/aromatic N) is 2. The van der Waals surface area contributed by atoms with Crippen molar-refractivity contribution in [3.05, 3.63) is 29.8 Å². The lowest BCUT2D eigenvalue weighted by molar-refractivity contribution is -0.121. The maximum atomic E-state index is 13.3. The van der Waals surface area contributed by atoms with Crippen LogP contribution in [-0.2, 0) is 16.1 Å². The number of methoxy groups -OCH3 is 1. The molecule has 1 atom stereocenters. The van der Waals surface area contributed by atoms with Gasteiger partial charge in [0, 0.05) is 19.7 Å². The molecule has 2 rings (SSSR count). The molecule has 2 aromatic rings. The first-order valence-corrected chi connectivity index (χ1v) is 7.02. The number of hydrogen-bond acceptors (Lipinski definition) is 3. The normalized spacial score (nSPS) is 12.6. The summed E-state index contributed by atoms with van der Waals surface area (Å²) >= 11 is 6.10. The first kappa shape index (κ1) is 15.7. The van der Waals surface area contributed by atoms with E-state index in [1.807, 2.05) is 0 Å². The van der Waals surface area contributed by atoms with Crippen LogP contribution in [0, 0.1) is 5.82 Å². The van der Waals surface area contributed by atoms with Crippen molar-refractivity contribution in [1.29, 1.82) is 0 Å². The molecule has 1 heterocycles. The molecule has 21 heavy (non-hydrogen) atoms. The van der Waals surface area contributed by atoms with Crippen molar-refractivity contribution >= 4 is 28.5 Å². The van der Waals surface area contributed by atoms with Gasteiger partial charge >= 0.3 is 0 Å². The van der Waals surface area contributed by atoms with Crippen molar-refractivity contribution in [2.75, 3.05) is 20.3 Å². The maximum Gasteiger partial charge on any atom is 0.240 e. The number of aromatic nitrogens is 2. The molecule has 1 aromatic carbocycles. The zero-order chi connectivity index (χ0) is 15.4. The molecule has 1 amide bonds. The van der Waals surface area contributed by atoms with Gasteiger partial charge in [0.2, 0.25) is 5.91 Å². The van der Waals surface area contributed by atoms with Crippen molar-refractivity contribution in [3.8, 4) is 0 Å². The van der Waals surface area contributed by atoms with E-state index in [-0.39, 0.29) is 23.6 Å². The Balaban J connectivity index is 2.28. The number of benzene rings is 1. The standard InChI is InChI=1S/C14H17ClFN3O2/c1-9(15)14-18-11-7-10(16)3-4-12(11)19(14)8-13(20)17-5-6-21-2/h3-4,7,9H,5-6,8H2,1-2H3,(H,17,20). The smallest absolute Gasteiger partial charge is 0.240 e. The molecule has 0 radical (unpaired) electrons. The molecule has 0 saturated carbocycles. The van der Waals surface area contributed by atoms with E-state index in [9.17, 15) is 9.18 Å². The second kappa shape index (κ2) is 6.87. The molecule has 0 spiro atoms. The van der Waals surface area contributed by atoms with Crippen LogP contribution >= 0.6 is 11.6 Å². The van der Waals surface area contributed by atoms with Gasteiger partial charge in [-0.3, -0.25) is 4.79 Å². The number of amides is 1. The molecule has 1 unspecified atom stereocenters. The molecule has 0 aliphatic rings. The van der Waals surface area contributed by atoms with Gasteiger partial charge in [0.1, 0.15) is 18.2 Å². The topological polar surface area (TPSA) is 56.1 Å². The molecule has 0 bridgehead atoms. The van der Waals surface area contributed by atoms with Crippen LogP contribution in [0.2, 0.25) is 0 Å². The van der Waals surface area contributed by atoms with Gasteiger partial charge in [-0.05, 0) is 19.1 Å². The number of nitrogens with one attached hydrogen (secondary N) is 1. The average molecular weight is 314 g/mol. The fourth-order valence-corrected chi connectivity index (χ4v) is 2.25. The third-order valence-corrected chi connectivity index (χ3v) is 3.22. The van der Waals surface area contributed by atoms with E-state index >= 15 is 0 Å². The minimum atomic E-state index is -0.382. The lowest BCUT2D eigenvalue weighted by atomic mass is 10.3. The molecule has 1 aromatic heterocycles. The second-order valence-corrected chi connectivity index (χ2v) is 5.30. The Morgan fingerprint density at radius 1 is 1.57 bits per heavy atom. The highest BCUT2D eigenvalue weighted by atomic mass is 35.5. The lowest BCUT2D eigenvalue weighted by Crippen LogP contribution is -2.30. The summed E-state index contributed by atoms with van der Waals surface area (Å²) < 4.78 is 19.9. The van der Waals surface area contributed by atoms with Gasteiger partial charge in [0.15, 0.2) is 0 Å². The van der Waals surface area contributed by atoms with E-state index in [4.69, 9.17) is 16.3 Å². The maximum absolute atomic E-state index is 13.3. The Labute approximate surface area is 127 Å². The highest BCUT2D eigenvalue weighted by Crippen LogP contribution is 2.24. The van der Waals surface area contributed by atoms with E-state index in [1.165, 1.54) is 12.1 Å². The van der Waals surface area contributed by atoms with Gasteiger partial charge in [-0.15, -0.1) is 11.6 Å². The van der Waals surface area contributed by atoms with Crippen LogP contribution in [0.1, 0.15) is 18.1 Å². The third kappa shape index (κ3) is 3.71. The van der Waals surface area contributed by atoms with E-state index in [0.717, 1.165) is 0 Å². The Hall–Kier alpha value is -1.66. The summed E-state index contributed by atoms with van der Waals surface area (Å²) in [5.41, 5.74) is 1.17. The molecule has 114 valence electrons. The minimum Gasteiger partial charge on any atom is -0.383 e. The number of carbonyl (C=O) groups is 1. The first-order chi connectivity index (χ1) is 10.0. The Morgan fingerprint density at radius 3 is 3.00 bits per heavy atom. The molecule has 0 fully saturated rings. The number of imidazole rings is 1. The Bertz CT molecular complexity index is 642. The van der Waals surface area contributed by atoms with E-state index in [2.05, 4.69) is 10.3 Å². The molecular formula is C14H17ClFN3O2. The van der Waals surface area contributed by atoms with Crippen LogP contribution < -0.4 is 5.32 Å². The zero-order valence-corrected chi connectivity index (χ0v) is 12.7. The first-order valence-electron chi connectivity index (χ1n) is 6.58. The highest BCUT2D eigenvalue weighted by Gasteiger charge is 2.17. The molecular weight excluding hydrogens is 297 g/mol. The predicted molar refractivity (Wildman–Crippen MR) is 78.8 cm³/mol. The lowest BCUT2D eigenvalue weighted by Gasteiger charge is -2.10.